The number of nitrogen functional groups attached to an aromatic ring is 1. The normalized spacial score (nSPS) is 11.1. The quantitative estimate of drug-likeness (QED) is 0.534. The second-order valence-electron chi connectivity index (χ2n) is 6.31. The number of para-hydroxylation sites is 2. The van der Waals surface area contributed by atoms with Gasteiger partial charge in [-0.25, -0.2) is 14.8 Å². The molecule has 2 aromatic carbocycles. The van der Waals surface area contributed by atoms with Crippen LogP contribution in [0.5, 0.6) is 5.75 Å². The number of aromatic nitrogens is 3. The van der Waals surface area contributed by atoms with E-state index < -0.39 is 5.97 Å². The first-order valence-electron chi connectivity index (χ1n) is 9.02. The lowest BCUT2D eigenvalue weighted by molar-refractivity contribution is 0.0508. The molecule has 2 aromatic heterocycles. The number of esters is 1. The molecule has 2 N–H and O–H groups in total. The molecule has 7 heteroatoms. The molecular weight excluding hydrogens is 356 g/mol. The molecule has 0 saturated heterocycles. The summed E-state index contributed by atoms with van der Waals surface area (Å²) in [6.45, 7) is 2.25. The molecule has 28 heavy (non-hydrogen) atoms. The molecule has 0 bridgehead atoms. The van der Waals surface area contributed by atoms with E-state index in [9.17, 15) is 4.79 Å². The maximum absolute atomic E-state index is 12.7. The minimum absolute atomic E-state index is 0.234. The van der Waals surface area contributed by atoms with E-state index in [0.717, 1.165) is 23.4 Å². The number of anilines is 1. The smallest absolute Gasteiger partial charge is 0.344 e. The number of rotatable bonds is 5. The molecule has 0 unspecified atom stereocenters. The number of benzene rings is 2. The highest BCUT2D eigenvalue weighted by molar-refractivity contribution is 6.09. The zero-order valence-corrected chi connectivity index (χ0v) is 15.7. The average molecular weight is 376 g/mol. The van der Waals surface area contributed by atoms with Gasteiger partial charge in [0.25, 0.3) is 0 Å². The number of carbonyl (C=O) groups is 1. The largest absolute Gasteiger partial charge is 0.497 e. The van der Waals surface area contributed by atoms with E-state index in [1.807, 2.05) is 55.5 Å². The van der Waals surface area contributed by atoms with Crippen LogP contribution in [0.3, 0.4) is 0 Å². The van der Waals surface area contributed by atoms with Gasteiger partial charge in [-0.05, 0) is 42.8 Å². The van der Waals surface area contributed by atoms with E-state index >= 15 is 0 Å². The lowest BCUT2D eigenvalue weighted by Crippen LogP contribution is -2.09. The van der Waals surface area contributed by atoms with Gasteiger partial charge in [-0.15, -0.1) is 0 Å². The van der Waals surface area contributed by atoms with Gasteiger partial charge < -0.3 is 15.2 Å². The Bertz CT molecular complexity index is 1170. The monoisotopic (exact) mass is 376 g/mol. The number of nitrogens with two attached hydrogens (primary N) is 1. The Balaban J connectivity index is 2.00. The van der Waals surface area contributed by atoms with Crippen molar-refractivity contribution in [1.29, 1.82) is 0 Å². The summed E-state index contributed by atoms with van der Waals surface area (Å²) in [5.41, 5.74) is 9.72. The SMILES string of the molecule is CCCOC(=O)c1c(N)n(-c2ccc(OC)cc2)c2nc3ccccc3nc12. The van der Waals surface area contributed by atoms with Crippen molar-refractivity contribution in [2.45, 2.75) is 13.3 Å². The van der Waals surface area contributed by atoms with Crippen LogP contribution in [0.2, 0.25) is 0 Å². The molecule has 7 nitrogen and oxygen atoms in total. The van der Waals surface area contributed by atoms with Crippen molar-refractivity contribution in [2.24, 2.45) is 0 Å². The number of carbonyl (C=O) groups excluding carboxylic acids is 1. The Morgan fingerprint density at radius 3 is 2.39 bits per heavy atom. The molecule has 0 aliphatic heterocycles. The van der Waals surface area contributed by atoms with Crippen molar-refractivity contribution >= 4 is 34.0 Å². The molecule has 0 fully saturated rings. The van der Waals surface area contributed by atoms with Crippen molar-refractivity contribution in [1.82, 2.24) is 14.5 Å². The van der Waals surface area contributed by atoms with Crippen LogP contribution < -0.4 is 10.5 Å². The van der Waals surface area contributed by atoms with Crippen LogP contribution in [0.25, 0.3) is 27.9 Å². The van der Waals surface area contributed by atoms with Crippen LogP contribution in [0.4, 0.5) is 5.82 Å². The van der Waals surface area contributed by atoms with Crippen LogP contribution >= 0.6 is 0 Å². The Morgan fingerprint density at radius 1 is 1.07 bits per heavy atom. The summed E-state index contributed by atoms with van der Waals surface area (Å²) >= 11 is 0. The molecule has 4 aromatic rings. The fourth-order valence-corrected chi connectivity index (χ4v) is 3.12. The van der Waals surface area contributed by atoms with Gasteiger partial charge in [0, 0.05) is 5.69 Å². The van der Waals surface area contributed by atoms with Crippen LogP contribution in [-0.2, 0) is 4.74 Å². The number of fused-ring (bicyclic) bond motifs is 2. The van der Waals surface area contributed by atoms with E-state index in [1.54, 1.807) is 11.7 Å². The van der Waals surface area contributed by atoms with E-state index in [-0.39, 0.29) is 11.4 Å². The minimum atomic E-state index is -0.499. The Morgan fingerprint density at radius 2 is 1.75 bits per heavy atom. The number of hydrogen-bond donors (Lipinski definition) is 1. The number of methoxy groups -OCH3 is 1. The van der Waals surface area contributed by atoms with Crippen molar-refractivity contribution < 1.29 is 14.3 Å². The summed E-state index contributed by atoms with van der Waals surface area (Å²) < 4.78 is 12.3. The van der Waals surface area contributed by atoms with Gasteiger partial charge in [-0.2, -0.15) is 0 Å². The summed E-state index contributed by atoms with van der Waals surface area (Å²) in [6, 6.07) is 14.8. The van der Waals surface area contributed by atoms with Crippen molar-refractivity contribution in [2.75, 3.05) is 19.5 Å². The predicted octanol–water partition coefficient (Wildman–Crippen LogP) is 3.73. The summed E-state index contributed by atoms with van der Waals surface area (Å²) in [6.07, 6.45) is 0.720. The van der Waals surface area contributed by atoms with Crippen LogP contribution in [-0.4, -0.2) is 34.2 Å². The summed E-state index contributed by atoms with van der Waals surface area (Å²) in [5.74, 6) is 0.468. The van der Waals surface area contributed by atoms with Gasteiger partial charge in [0.2, 0.25) is 0 Å². The third kappa shape index (κ3) is 2.90. The second kappa shape index (κ2) is 7.19. The van der Waals surface area contributed by atoms with Gasteiger partial charge >= 0.3 is 5.97 Å². The maximum Gasteiger partial charge on any atom is 0.344 e. The fraction of sp³-hybridized carbons (Fsp3) is 0.190. The lowest BCUT2D eigenvalue weighted by atomic mass is 10.2. The zero-order valence-electron chi connectivity index (χ0n) is 15.7. The summed E-state index contributed by atoms with van der Waals surface area (Å²) in [5, 5.41) is 0. The Kier molecular flexibility index (Phi) is 4.57. The molecule has 142 valence electrons. The highest BCUT2D eigenvalue weighted by Crippen LogP contribution is 2.32. The molecule has 0 aliphatic rings. The first-order valence-corrected chi connectivity index (χ1v) is 9.02. The van der Waals surface area contributed by atoms with Gasteiger partial charge in [0.1, 0.15) is 22.6 Å². The van der Waals surface area contributed by atoms with Crippen molar-refractivity contribution in [3.63, 3.8) is 0 Å². The molecule has 0 radical (unpaired) electrons. The highest BCUT2D eigenvalue weighted by Gasteiger charge is 2.25. The minimum Gasteiger partial charge on any atom is -0.497 e. The molecule has 0 saturated carbocycles. The van der Waals surface area contributed by atoms with Gasteiger partial charge in [0.05, 0.1) is 24.8 Å². The van der Waals surface area contributed by atoms with E-state index in [4.69, 9.17) is 20.2 Å². The standard InChI is InChI=1S/C21H20N4O3/c1-3-12-28-21(26)17-18-20(24-16-7-5-4-6-15(16)23-18)25(19(17)22)13-8-10-14(27-2)11-9-13/h4-11H,3,12,22H2,1-2H3. The number of hydrogen-bond acceptors (Lipinski definition) is 6. The molecule has 0 aliphatic carbocycles. The van der Waals surface area contributed by atoms with Crippen LogP contribution in [0, 0.1) is 0 Å². The zero-order chi connectivity index (χ0) is 19.7. The molecular formula is C21H20N4O3. The molecule has 0 spiro atoms. The highest BCUT2D eigenvalue weighted by atomic mass is 16.5. The van der Waals surface area contributed by atoms with Crippen LogP contribution in [0.15, 0.2) is 48.5 Å². The molecule has 0 amide bonds. The topological polar surface area (TPSA) is 92.3 Å². The average Bonchev–Trinajstić information content (AvgIpc) is 3.01. The van der Waals surface area contributed by atoms with Crippen molar-refractivity contribution in [3.8, 4) is 11.4 Å². The van der Waals surface area contributed by atoms with Gasteiger partial charge in [-0.1, -0.05) is 19.1 Å². The van der Waals surface area contributed by atoms with E-state index in [1.165, 1.54) is 0 Å². The third-order valence-corrected chi connectivity index (χ3v) is 4.47. The van der Waals surface area contributed by atoms with Gasteiger partial charge in [0.15, 0.2) is 5.65 Å². The first-order chi connectivity index (χ1) is 13.6. The van der Waals surface area contributed by atoms with E-state index in [2.05, 4.69) is 4.98 Å². The van der Waals surface area contributed by atoms with Crippen LogP contribution in [0.1, 0.15) is 23.7 Å². The second-order valence-corrected chi connectivity index (χ2v) is 6.31. The molecule has 4 rings (SSSR count). The first kappa shape index (κ1) is 17.8. The predicted molar refractivity (Wildman–Crippen MR) is 108 cm³/mol. The Hall–Kier alpha value is -3.61. The number of ether oxygens (including phenoxy) is 2. The van der Waals surface area contributed by atoms with Crippen molar-refractivity contribution in [3.05, 3.63) is 54.1 Å². The molecule has 2 heterocycles. The maximum atomic E-state index is 12.7. The lowest BCUT2D eigenvalue weighted by Gasteiger charge is -2.09. The number of nitrogens with zero attached hydrogens (tertiary/aromatic N) is 3. The van der Waals surface area contributed by atoms with Gasteiger partial charge in [-0.3, -0.25) is 4.57 Å². The molecule has 0 atom stereocenters. The summed E-state index contributed by atoms with van der Waals surface area (Å²) in [7, 11) is 1.61. The van der Waals surface area contributed by atoms with E-state index in [0.29, 0.717) is 23.3 Å². The summed E-state index contributed by atoms with van der Waals surface area (Å²) in [4.78, 5) is 22.1. The Labute approximate surface area is 161 Å². The third-order valence-electron chi connectivity index (χ3n) is 4.47. The fourth-order valence-electron chi connectivity index (χ4n) is 3.12.